The number of benzene rings is 4. The van der Waals surface area contributed by atoms with E-state index in [0.717, 1.165) is 26.8 Å². The van der Waals surface area contributed by atoms with E-state index in [2.05, 4.69) is 5.32 Å². The zero-order valence-electron chi connectivity index (χ0n) is 20.2. The van der Waals surface area contributed by atoms with Gasteiger partial charge in [0.1, 0.15) is 17.9 Å². The number of ether oxygens (including phenoxy) is 1. The minimum Gasteiger partial charge on any atom is -0.488 e. The monoisotopic (exact) mass is 510 g/mol. The lowest BCUT2D eigenvalue weighted by molar-refractivity contribution is -0.122. The van der Waals surface area contributed by atoms with Crippen molar-refractivity contribution in [1.29, 1.82) is 0 Å². The van der Waals surface area contributed by atoms with Crippen LogP contribution >= 0.6 is 11.6 Å². The second-order valence-corrected chi connectivity index (χ2v) is 9.22. The molecule has 0 saturated carbocycles. The summed E-state index contributed by atoms with van der Waals surface area (Å²) in [4.78, 5) is 40.1. The molecule has 1 saturated heterocycles. The van der Waals surface area contributed by atoms with Crippen LogP contribution in [0, 0.1) is 13.8 Å². The number of carbonyl (C=O) groups is 3. The number of hydrogen-bond acceptors (Lipinski definition) is 4. The molecule has 4 aromatic rings. The molecule has 0 atom stereocenters. The van der Waals surface area contributed by atoms with Crippen molar-refractivity contribution in [3.05, 3.63) is 112 Å². The molecule has 1 fully saturated rings. The van der Waals surface area contributed by atoms with Gasteiger partial charge in [-0.2, -0.15) is 0 Å². The fraction of sp³-hybridized carbons (Fsp3) is 0.100. The zero-order chi connectivity index (χ0) is 26.1. The van der Waals surface area contributed by atoms with Crippen molar-refractivity contribution in [2.45, 2.75) is 20.5 Å². The van der Waals surface area contributed by atoms with Crippen LogP contribution in [0.25, 0.3) is 16.8 Å². The maximum atomic E-state index is 13.6. The number of aryl methyl sites for hydroxylation is 1. The maximum absolute atomic E-state index is 13.6. The molecule has 6 nitrogen and oxygen atoms in total. The van der Waals surface area contributed by atoms with E-state index < -0.39 is 17.8 Å². The molecule has 184 valence electrons. The van der Waals surface area contributed by atoms with Gasteiger partial charge in [0.15, 0.2) is 0 Å². The molecule has 4 amide bonds. The molecule has 0 bridgehead atoms. The lowest BCUT2D eigenvalue weighted by Crippen LogP contribution is -2.54. The van der Waals surface area contributed by atoms with Gasteiger partial charge in [-0.25, -0.2) is 9.69 Å². The summed E-state index contributed by atoms with van der Waals surface area (Å²) in [6.45, 7) is 4.03. The first-order chi connectivity index (χ1) is 17.8. The number of rotatable bonds is 5. The van der Waals surface area contributed by atoms with Gasteiger partial charge in [-0.15, -0.1) is 0 Å². The van der Waals surface area contributed by atoms with Crippen LogP contribution in [0.1, 0.15) is 22.3 Å². The number of barbiturate groups is 1. The highest BCUT2D eigenvalue weighted by atomic mass is 35.5. The van der Waals surface area contributed by atoms with Gasteiger partial charge >= 0.3 is 6.03 Å². The molecule has 1 heterocycles. The molecule has 0 aliphatic carbocycles. The van der Waals surface area contributed by atoms with E-state index >= 15 is 0 Å². The Labute approximate surface area is 219 Å². The Morgan fingerprint density at radius 3 is 2.43 bits per heavy atom. The summed E-state index contributed by atoms with van der Waals surface area (Å²) in [7, 11) is 0. The fourth-order valence-electron chi connectivity index (χ4n) is 4.25. The van der Waals surface area contributed by atoms with Crippen molar-refractivity contribution in [2.24, 2.45) is 0 Å². The van der Waals surface area contributed by atoms with E-state index in [4.69, 9.17) is 16.3 Å². The average molecular weight is 511 g/mol. The molecule has 0 spiro atoms. The van der Waals surface area contributed by atoms with Crippen molar-refractivity contribution in [2.75, 3.05) is 4.90 Å². The third-order valence-electron chi connectivity index (χ3n) is 6.32. The topological polar surface area (TPSA) is 75.7 Å². The van der Waals surface area contributed by atoms with Crippen molar-refractivity contribution in [3.63, 3.8) is 0 Å². The number of amides is 4. The van der Waals surface area contributed by atoms with Crippen molar-refractivity contribution in [3.8, 4) is 5.75 Å². The summed E-state index contributed by atoms with van der Waals surface area (Å²) in [5, 5.41) is 4.41. The number of nitrogens with zero attached hydrogens (tertiary/aromatic N) is 1. The number of nitrogens with one attached hydrogen (secondary N) is 1. The summed E-state index contributed by atoms with van der Waals surface area (Å²) in [5.41, 5.74) is 3.37. The van der Waals surface area contributed by atoms with E-state index in [1.54, 1.807) is 25.1 Å². The Morgan fingerprint density at radius 1 is 0.892 bits per heavy atom. The van der Waals surface area contributed by atoms with E-state index in [9.17, 15) is 14.4 Å². The first-order valence-corrected chi connectivity index (χ1v) is 12.1. The number of fused-ring (bicyclic) bond motifs is 1. The number of urea groups is 1. The predicted octanol–water partition coefficient (Wildman–Crippen LogP) is 6.36. The summed E-state index contributed by atoms with van der Waals surface area (Å²) >= 11 is 6.24. The zero-order valence-corrected chi connectivity index (χ0v) is 21.0. The van der Waals surface area contributed by atoms with Crippen molar-refractivity contribution in [1.82, 2.24) is 5.32 Å². The fourth-order valence-corrected chi connectivity index (χ4v) is 4.42. The average Bonchev–Trinajstić information content (AvgIpc) is 2.89. The van der Waals surface area contributed by atoms with Gasteiger partial charge in [0.25, 0.3) is 11.8 Å². The van der Waals surface area contributed by atoms with Crippen molar-refractivity contribution >= 4 is 52.0 Å². The van der Waals surface area contributed by atoms with Gasteiger partial charge in [0.2, 0.25) is 0 Å². The highest BCUT2D eigenvalue weighted by molar-refractivity contribution is 6.40. The van der Waals surface area contributed by atoms with E-state index in [1.807, 2.05) is 67.6 Å². The molecular weight excluding hydrogens is 488 g/mol. The SMILES string of the molecule is Cc1ccc(COc2ccc3ccccc3c2/C=C2\C(=O)NC(=O)N(c3cccc(Cl)c3C)C2=O)cc1. The summed E-state index contributed by atoms with van der Waals surface area (Å²) in [6.07, 6.45) is 1.49. The first-order valence-electron chi connectivity index (χ1n) is 11.7. The highest BCUT2D eigenvalue weighted by Crippen LogP contribution is 2.33. The minimum atomic E-state index is -0.828. The number of hydrogen-bond donors (Lipinski definition) is 1. The van der Waals surface area contributed by atoms with Gasteiger partial charge in [0.05, 0.1) is 5.69 Å². The van der Waals surface area contributed by atoms with Crippen LogP contribution in [-0.4, -0.2) is 17.8 Å². The van der Waals surface area contributed by atoms with Gasteiger partial charge in [-0.3, -0.25) is 14.9 Å². The van der Waals surface area contributed by atoms with Gasteiger partial charge in [-0.1, -0.05) is 77.8 Å². The first kappa shape index (κ1) is 24.3. The van der Waals surface area contributed by atoms with Gasteiger partial charge in [0, 0.05) is 10.6 Å². The smallest absolute Gasteiger partial charge is 0.335 e. The number of carbonyl (C=O) groups excluding carboxylic acids is 3. The van der Waals surface area contributed by atoms with Crippen LogP contribution in [0.3, 0.4) is 0 Å². The Morgan fingerprint density at radius 2 is 1.65 bits per heavy atom. The van der Waals surface area contributed by atoms with Crippen LogP contribution in [0.2, 0.25) is 5.02 Å². The second-order valence-electron chi connectivity index (χ2n) is 8.81. The van der Waals surface area contributed by atoms with E-state index in [-0.39, 0.29) is 5.57 Å². The predicted molar refractivity (Wildman–Crippen MR) is 145 cm³/mol. The molecule has 5 rings (SSSR count). The molecule has 0 radical (unpaired) electrons. The van der Waals surface area contributed by atoms with E-state index in [1.165, 1.54) is 6.08 Å². The Bertz CT molecular complexity index is 1590. The van der Waals surface area contributed by atoms with Crippen molar-refractivity contribution < 1.29 is 19.1 Å². The largest absolute Gasteiger partial charge is 0.488 e. The lowest BCUT2D eigenvalue weighted by atomic mass is 9.99. The molecule has 1 aliphatic rings. The van der Waals surface area contributed by atoms with Crippen LogP contribution in [0.15, 0.2) is 84.4 Å². The van der Waals surface area contributed by atoms with Crippen LogP contribution in [-0.2, 0) is 16.2 Å². The highest BCUT2D eigenvalue weighted by Gasteiger charge is 2.38. The molecule has 37 heavy (non-hydrogen) atoms. The number of anilines is 1. The van der Waals surface area contributed by atoms with E-state index in [0.29, 0.717) is 34.2 Å². The maximum Gasteiger partial charge on any atom is 0.335 e. The third kappa shape index (κ3) is 4.71. The van der Waals surface area contributed by atoms with Crippen LogP contribution in [0.4, 0.5) is 10.5 Å². The minimum absolute atomic E-state index is 0.185. The standard InChI is InChI=1S/C30H23ClN2O4/c1-18-10-12-20(13-11-18)17-37-27-15-14-21-6-3-4-7-22(21)23(27)16-24-28(34)32-30(36)33(29(24)35)26-9-5-8-25(31)19(26)2/h3-16H,17H2,1-2H3,(H,32,34,36)/b24-16+. The summed E-state index contributed by atoms with van der Waals surface area (Å²) in [6, 6.07) is 23.5. The number of halogens is 1. The molecule has 7 heteroatoms. The third-order valence-corrected chi connectivity index (χ3v) is 6.73. The molecule has 0 aromatic heterocycles. The lowest BCUT2D eigenvalue weighted by Gasteiger charge is -2.28. The van der Waals surface area contributed by atoms with Gasteiger partial charge in [-0.05, 0) is 60.0 Å². The van der Waals surface area contributed by atoms with Gasteiger partial charge < -0.3 is 4.74 Å². The Hall–Kier alpha value is -4.42. The Kier molecular flexibility index (Phi) is 6.51. The molecular formula is C30H23ClN2O4. The van der Waals surface area contributed by atoms with Crippen LogP contribution in [0.5, 0.6) is 5.75 Å². The molecule has 0 unspecified atom stereocenters. The molecule has 1 N–H and O–H groups in total. The number of imide groups is 2. The molecule has 4 aromatic carbocycles. The van der Waals surface area contributed by atoms with Crippen LogP contribution < -0.4 is 15.0 Å². The second kappa shape index (κ2) is 9.91. The Balaban J connectivity index is 1.59. The summed E-state index contributed by atoms with van der Waals surface area (Å²) in [5.74, 6) is -1.00. The quantitative estimate of drug-likeness (QED) is 0.250. The summed E-state index contributed by atoms with van der Waals surface area (Å²) < 4.78 is 6.17. The molecule has 1 aliphatic heterocycles. The normalized spacial score (nSPS) is 14.8.